The first-order valence-corrected chi connectivity index (χ1v) is 13.8. The molecule has 0 saturated carbocycles. The van der Waals surface area contributed by atoms with E-state index < -0.39 is 10.0 Å². The maximum absolute atomic E-state index is 12.1. The molecule has 0 spiro atoms. The van der Waals surface area contributed by atoms with Crippen molar-refractivity contribution in [3.05, 3.63) is 79.3 Å². The van der Waals surface area contributed by atoms with Gasteiger partial charge in [-0.2, -0.15) is 5.10 Å². The molecule has 1 aliphatic heterocycles. The third-order valence-electron chi connectivity index (χ3n) is 7.16. The van der Waals surface area contributed by atoms with Crippen LogP contribution in [-0.2, 0) is 10.0 Å². The van der Waals surface area contributed by atoms with Crippen LogP contribution in [0.15, 0.2) is 84.1 Å². The molecule has 9 heteroatoms. The first-order valence-electron chi connectivity index (χ1n) is 12.3. The number of piperazine rings is 1. The van der Waals surface area contributed by atoms with E-state index in [2.05, 4.69) is 53.4 Å². The van der Waals surface area contributed by atoms with Gasteiger partial charge in [-0.1, -0.05) is 42.5 Å². The average molecular weight is 513 g/mol. The zero-order valence-electron chi connectivity index (χ0n) is 20.7. The normalized spacial score (nSPS) is 18.5. The Kier molecular flexibility index (Phi) is 5.71. The van der Waals surface area contributed by atoms with Gasteiger partial charge in [0.25, 0.3) is 0 Å². The summed E-state index contributed by atoms with van der Waals surface area (Å²) in [6.07, 6.45) is 5.59. The van der Waals surface area contributed by atoms with E-state index in [0.717, 1.165) is 40.7 Å². The zero-order chi connectivity index (χ0) is 25.7. The Labute approximate surface area is 215 Å². The molecule has 5 aromatic rings. The van der Waals surface area contributed by atoms with E-state index in [1.807, 2.05) is 30.6 Å². The molecule has 2 atom stereocenters. The van der Waals surface area contributed by atoms with Crippen LogP contribution >= 0.6 is 0 Å². The predicted molar refractivity (Wildman–Crippen MR) is 147 cm³/mol. The van der Waals surface area contributed by atoms with E-state index in [1.54, 1.807) is 22.8 Å². The summed E-state index contributed by atoms with van der Waals surface area (Å²) in [7, 11) is -3.85. The lowest BCUT2D eigenvalue weighted by atomic mass is 10.00. The molecule has 0 radical (unpaired) electrons. The van der Waals surface area contributed by atoms with Crippen LogP contribution < -0.4 is 15.4 Å². The van der Waals surface area contributed by atoms with Gasteiger partial charge in [-0.05, 0) is 48.6 Å². The predicted octanol–water partition coefficient (Wildman–Crippen LogP) is 4.05. The van der Waals surface area contributed by atoms with Gasteiger partial charge in [-0.25, -0.2) is 23.1 Å². The lowest BCUT2D eigenvalue weighted by Crippen LogP contribution is -2.55. The third kappa shape index (κ3) is 4.15. The molecule has 0 unspecified atom stereocenters. The van der Waals surface area contributed by atoms with Crippen molar-refractivity contribution in [1.82, 2.24) is 19.9 Å². The highest BCUT2D eigenvalue weighted by Gasteiger charge is 2.24. The monoisotopic (exact) mass is 512 g/mol. The molecule has 188 valence electrons. The van der Waals surface area contributed by atoms with Crippen molar-refractivity contribution in [3.8, 4) is 22.3 Å². The van der Waals surface area contributed by atoms with Gasteiger partial charge in [0.05, 0.1) is 11.1 Å². The number of anilines is 1. The van der Waals surface area contributed by atoms with Gasteiger partial charge in [-0.3, -0.25) is 0 Å². The Hall–Kier alpha value is -3.79. The van der Waals surface area contributed by atoms with Gasteiger partial charge in [-0.15, -0.1) is 0 Å². The molecule has 2 aromatic heterocycles. The summed E-state index contributed by atoms with van der Waals surface area (Å²) in [6.45, 7) is 6.45. The topological polar surface area (TPSA) is 106 Å². The van der Waals surface area contributed by atoms with Crippen molar-refractivity contribution in [3.63, 3.8) is 0 Å². The molecule has 1 aliphatic rings. The second-order valence-electron chi connectivity index (χ2n) is 9.68. The zero-order valence-corrected chi connectivity index (χ0v) is 21.5. The van der Waals surface area contributed by atoms with Crippen molar-refractivity contribution in [2.75, 3.05) is 18.0 Å². The summed E-state index contributed by atoms with van der Waals surface area (Å²) in [5.41, 5.74) is 5.61. The van der Waals surface area contributed by atoms with E-state index in [-0.39, 0.29) is 4.90 Å². The molecular weight excluding hydrogens is 484 g/mol. The fourth-order valence-electron chi connectivity index (χ4n) is 5.45. The number of hydrogen-bond acceptors (Lipinski definition) is 6. The van der Waals surface area contributed by atoms with E-state index in [9.17, 15) is 8.42 Å². The molecule has 6 rings (SSSR count). The van der Waals surface area contributed by atoms with Crippen LogP contribution in [0.3, 0.4) is 0 Å². The van der Waals surface area contributed by atoms with Gasteiger partial charge >= 0.3 is 0 Å². The van der Waals surface area contributed by atoms with E-state index >= 15 is 0 Å². The summed E-state index contributed by atoms with van der Waals surface area (Å²) in [5, 5.41) is 14.9. The molecular formula is C28H28N6O2S. The van der Waals surface area contributed by atoms with E-state index in [4.69, 9.17) is 10.1 Å². The highest BCUT2D eigenvalue weighted by atomic mass is 32.2. The molecule has 1 fully saturated rings. The maximum atomic E-state index is 12.1. The maximum Gasteiger partial charge on any atom is 0.238 e. The van der Waals surface area contributed by atoms with Crippen LogP contribution in [0, 0.1) is 0 Å². The minimum atomic E-state index is -3.85. The van der Waals surface area contributed by atoms with Crippen molar-refractivity contribution in [2.45, 2.75) is 30.8 Å². The molecule has 1 saturated heterocycles. The Balaban J connectivity index is 1.37. The number of nitrogens with two attached hydrogens (primary N) is 1. The number of nitrogens with one attached hydrogen (secondary N) is 1. The Bertz CT molecular complexity index is 1720. The first-order chi connectivity index (χ1) is 17.8. The van der Waals surface area contributed by atoms with Gasteiger partial charge in [0, 0.05) is 59.8 Å². The molecule has 3 aromatic carbocycles. The molecule has 37 heavy (non-hydrogen) atoms. The number of benzene rings is 3. The van der Waals surface area contributed by atoms with Crippen LogP contribution in [0.5, 0.6) is 0 Å². The van der Waals surface area contributed by atoms with Crippen LogP contribution in [0.4, 0.5) is 5.69 Å². The number of primary sulfonamides is 1. The van der Waals surface area contributed by atoms with Gasteiger partial charge in [0.15, 0.2) is 5.65 Å². The fourth-order valence-corrected chi connectivity index (χ4v) is 6.20. The molecule has 0 aliphatic carbocycles. The van der Waals surface area contributed by atoms with Crippen molar-refractivity contribution in [2.24, 2.45) is 5.14 Å². The van der Waals surface area contributed by atoms with E-state index in [0.29, 0.717) is 23.1 Å². The Morgan fingerprint density at radius 1 is 0.865 bits per heavy atom. The molecule has 3 heterocycles. The lowest BCUT2D eigenvalue weighted by Gasteiger charge is -2.41. The van der Waals surface area contributed by atoms with Crippen molar-refractivity contribution in [1.29, 1.82) is 0 Å². The summed E-state index contributed by atoms with van der Waals surface area (Å²) in [4.78, 5) is 7.32. The van der Waals surface area contributed by atoms with Gasteiger partial charge in [0.2, 0.25) is 10.0 Å². The molecule has 0 amide bonds. The smallest absolute Gasteiger partial charge is 0.238 e. The van der Waals surface area contributed by atoms with E-state index in [1.165, 1.54) is 11.8 Å². The van der Waals surface area contributed by atoms with Crippen molar-refractivity contribution < 1.29 is 8.42 Å². The first kappa shape index (κ1) is 23.6. The fraction of sp³-hybridized carbons (Fsp3) is 0.214. The molecule has 0 bridgehead atoms. The third-order valence-corrected chi connectivity index (χ3v) is 8.13. The van der Waals surface area contributed by atoms with Crippen LogP contribution in [0.2, 0.25) is 0 Å². The van der Waals surface area contributed by atoms with Crippen LogP contribution in [-0.4, -0.2) is 48.2 Å². The van der Waals surface area contributed by atoms with Gasteiger partial charge < -0.3 is 10.2 Å². The van der Waals surface area contributed by atoms with Gasteiger partial charge in [0.1, 0.15) is 0 Å². The number of aromatic nitrogens is 3. The number of hydrogen-bond donors (Lipinski definition) is 2. The van der Waals surface area contributed by atoms with Crippen LogP contribution in [0.25, 0.3) is 38.7 Å². The minimum absolute atomic E-state index is 0.103. The summed E-state index contributed by atoms with van der Waals surface area (Å²) in [5.74, 6) is 0. The largest absolute Gasteiger partial charge is 0.364 e. The number of fused-ring (bicyclic) bond motifs is 2. The summed E-state index contributed by atoms with van der Waals surface area (Å²) >= 11 is 0. The number of sulfonamides is 1. The Morgan fingerprint density at radius 3 is 2.30 bits per heavy atom. The standard InChI is InChI=1S/C28H28N6O2S/c1-18-13-30-14-19(2)34(18)22-11-9-20(10-12-22)21-15-31-28-26(16-32-33(28)17-21)24-5-3-7-25-23(24)6-4-8-27(25)37(29,35)36/h3-12,15-19,30H,13-14H2,1-2H3,(H2,29,35,36)/t18-,19+. The highest BCUT2D eigenvalue weighted by molar-refractivity contribution is 7.89. The quantitative estimate of drug-likeness (QED) is 0.376. The SMILES string of the molecule is C[C@@H]1CNC[C@H](C)N1c1ccc(-c2cnc3c(-c4cccc5c(S(N)(=O)=O)cccc45)cnn3c2)cc1. The summed E-state index contributed by atoms with van der Waals surface area (Å²) < 4.78 is 26.0. The minimum Gasteiger partial charge on any atom is -0.364 e. The Morgan fingerprint density at radius 2 is 1.57 bits per heavy atom. The second-order valence-corrected chi connectivity index (χ2v) is 11.2. The average Bonchev–Trinajstić information content (AvgIpc) is 3.31. The highest BCUT2D eigenvalue weighted by Crippen LogP contribution is 2.34. The molecule has 3 N–H and O–H groups in total. The van der Waals surface area contributed by atoms with Crippen molar-refractivity contribution >= 4 is 32.1 Å². The lowest BCUT2D eigenvalue weighted by molar-refractivity contribution is 0.432. The molecule has 8 nitrogen and oxygen atoms in total. The number of rotatable bonds is 4. The second kappa shape index (κ2) is 8.95. The summed E-state index contributed by atoms with van der Waals surface area (Å²) in [6, 6.07) is 20.1. The number of nitrogens with zero attached hydrogens (tertiary/aromatic N) is 4. The van der Waals surface area contributed by atoms with Crippen LogP contribution in [0.1, 0.15) is 13.8 Å².